The second-order valence-corrected chi connectivity index (χ2v) is 10.9. The van der Waals surface area contributed by atoms with E-state index in [4.69, 9.17) is 22.1 Å². The number of anilines is 2. The maximum atomic E-state index is 13.7. The van der Waals surface area contributed by atoms with E-state index in [2.05, 4.69) is 26.0 Å². The Morgan fingerprint density at radius 3 is 2.73 bits per heavy atom. The van der Waals surface area contributed by atoms with Crippen LogP contribution >= 0.6 is 11.6 Å². The largest absolute Gasteiger partial charge is 0.378 e. The molecule has 14 heteroatoms. The summed E-state index contributed by atoms with van der Waals surface area (Å²) in [5, 5.41) is 13.7. The highest BCUT2D eigenvalue weighted by molar-refractivity contribution is 6.29. The Balaban J connectivity index is 1.22. The van der Waals surface area contributed by atoms with Gasteiger partial charge in [0.25, 0.3) is 5.91 Å². The van der Waals surface area contributed by atoms with Crippen LogP contribution in [0.15, 0.2) is 36.4 Å². The summed E-state index contributed by atoms with van der Waals surface area (Å²) in [7, 11) is 0. The minimum Gasteiger partial charge on any atom is -0.378 e. The van der Waals surface area contributed by atoms with Gasteiger partial charge in [0, 0.05) is 23.7 Å². The number of carbonyl (C=O) groups is 4. The summed E-state index contributed by atoms with van der Waals surface area (Å²) < 4.78 is 6.77. The van der Waals surface area contributed by atoms with Crippen LogP contribution in [0, 0.1) is 5.92 Å². The summed E-state index contributed by atoms with van der Waals surface area (Å²) in [6.45, 7) is 1.18. The molecule has 4 heterocycles. The van der Waals surface area contributed by atoms with Gasteiger partial charge in [0.1, 0.15) is 29.6 Å². The highest BCUT2D eigenvalue weighted by Gasteiger charge is 2.51. The fourth-order valence-electron chi connectivity index (χ4n) is 6.10. The van der Waals surface area contributed by atoms with Crippen LogP contribution in [-0.4, -0.2) is 81.2 Å². The molecule has 214 valence electrons. The molecule has 3 fully saturated rings. The van der Waals surface area contributed by atoms with E-state index in [1.54, 1.807) is 41.3 Å². The number of morpholine rings is 1. The number of nitrogens with two attached hydrogens (primary N) is 1. The SMILES string of the molecule is NC(=O)c1nn(CC(=O)N2[C@@H]3CC[C@@H](C3)[C@H]2C(=O)Nc2cccc(Cl)n2)c2ccc(NC(=O)C3COCCN3)cc12. The van der Waals surface area contributed by atoms with Gasteiger partial charge in [0.2, 0.25) is 17.7 Å². The number of primary amides is 1. The number of likely N-dealkylation sites (tertiary alicyclic amines) is 1. The number of benzene rings is 1. The van der Waals surface area contributed by atoms with E-state index in [9.17, 15) is 19.2 Å². The second-order valence-electron chi connectivity index (χ2n) is 10.5. The van der Waals surface area contributed by atoms with Crippen LogP contribution in [0.2, 0.25) is 5.15 Å². The number of pyridine rings is 1. The fraction of sp³-hybridized carbons (Fsp3) is 0.407. The summed E-state index contributed by atoms with van der Waals surface area (Å²) in [4.78, 5) is 57.7. The molecule has 2 bridgehead atoms. The zero-order chi connectivity index (χ0) is 28.7. The molecule has 0 spiro atoms. The van der Waals surface area contributed by atoms with Crippen LogP contribution in [0.4, 0.5) is 11.5 Å². The maximum absolute atomic E-state index is 13.7. The number of hydrogen-bond donors (Lipinski definition) is 4. The van der Waals surface area contributed by atoms with Gasteiger partial charge in [-0.15, -0.1) is 0 Å². The number of halogens is 1. The van der Waals surface area contributed by atoms with Gasteiger partial charge < -0.3 is 31.3 Å². The Hall–Kier alpha value is -4.07. The van der Waals surface area contributed by atoms with Crippen molar-refractivity contribution in [3.05, 3.63) is 47.2 Å². The fourth-order valence-corrected chi connectivity index (χ4v) is 6.26. The van der Waals surface area contributed by atoms with Gasteiger partial charge in [-0.05, 0) is 55.5 Å². The maximum Gasteiger partial charge on any atom is 0.269 e. The summed E-state index contributed by atoms with van der Waals surface area (Å²) >= 11 is 5.96. The molecule has 41 heavy (non-hydrogen) atoms. The molecule has 1 saturated carbocycles. The van der Waals surface area contributed by atoms with Crippen LogP contribution in [0.25, 0.3) is 10.9 Å². The summed E-state index contributed by atoms with van der Waals surface area (Å²) in [5.41, 5.74) is 6.54. The van der Waals surface area contributed by atoms with E-state index < -0.39 is 18.0 Å². The minimum atomic E-state index is -0.765. The average molecular weight is 581 g/mol. The van der Waals surface area contributed by atoms with Gasteiger partial charge in [-0.3, -0.25) is 23.9 Å². The first kappa shape index (κ1) is 27.1. The molecule has 4 atom stereocenters. The molecule has 3 aromatic rings. The van der Waals surface area contributed by atoms with Gasteiger partial charge in [-0.2, -0.15) is 5.10 Å². The molecule has 2 aliphatic heterocycles. The molecule has 1 aromatic carbocycles. The van der Waals surface area contributed by atoms with Crippen LogP contribution in [0.3, 0.4) is 0 Å². The van der Waals surface area contributed by atoms with Gasteiger partial charge >= 0.3 is 0 Å². The molecule has 4 amide bonds. The number of aromatic nitrogens is 3. The molecule has 3 aliphatic rings. The smallest absolute Gasteiger partial charge is 0.269 e. The molecule has 2 saturated heterocycles. The Bertz CT molecular complexity index is 1540. The summed E-state index contributed by atoms with van der Waals surface area (Å²) in [6.07, 6.45) is 2.40. The lowest BCUT2D eigenvalue weighted by atomic mass is 9.97. The number of amides is 4. The summed E-state index contributed by atoms with van der Waals surface area (Å²) in [6, 6.07) is 8.68. The Kier molecular flexibility index (Phi) is 7.32. The van der Waals surface area contributed by atoms with Crippen molar-refractivity contribution < 1.29 is 23.9 Å². The van der Waals surface area contributed by atoms with Crippen molar-refractivity contribution in [2.24, 2.45) is 11.7 Å². The second kappa shape index (κ2) is 11.1. The molecular weight excluding hydrogens is 552 g/mol. The van der Waals surface area contributed by atoms with Crippen molar-refractivity contribution in [2.75, 3.05) is 30.4 Å². The zero-order valence-corrected chi connectivity index (χ0v) is 22.8. The van der Waals surface area contributed by atoms with E-state index in [1.165, 1.54) is 4.68 Å². The normalized spacial score (nSPS) is 23.5. The number of piperidine rings is 1. The lowest BCUT2D eigenvalue weighted by molar-refractivity contribution is -0.141. The van der Waals surface area contributed by atoms with Crippen molar-refractivity contribution in [1.29, 1.82) is 0 Å². The zero-order valence-electron chi connectivity index (χ0n) is 22.0. The number of fused-ring (bicyclic) bond motifs is 3. The third-order valence-corrected chi connectivity index (χ3v) is 8.09. The van der Waals surface area contributed by atoms with Gasteiger partial charge in [-0.1, -0.05) is 17.7 Å². The third-order valence-electron chi connectivity index (χ3n) is 7.88. The van der Waals surface area contributed by atoms with Gasteiger partial charge in [-0.25, -0.2) is 4.98 Å². The average Bonchev–Trinajstić information content (AvgIpc) is 3.67. The highest BCUT2D eigenvalue weighted by atomic mass is 35.5. The topological polar surface area (TPSA) is 174 Å². The van der Waals surface area contributed by atoms with Crippen molar-refractivity contribution in [3.8, 4) is 0 Å². The molecule has 2 aromatic heterocycles. The van der Waals surface area contributed by atoms with E-state index in [0.29, 0.717) is 35.6 Å². The van der Waals surface area contributed by atoms with E-state index in [0.717, 1.165) is 19.3 Å². The highest BCUT2D eigenvalue weighted by Crippen LogP contribution is 2.43. The minimum absolute atomic E-state index is 0.0210. The predicted molar refractivity (Wildman–Crippen MR) is 149 cm³/mol. The molecular formula is C27H29ClN8O5. The summed E-state index contributed by atoms with van der Waals surface area (Å²) in [5.74, 6) is -1.29. The van der Waals surface area contributed by atoms with Crippen molar-refractivity contribution >= 4 is 57.6 Å². The van der Waals surface area contributed by atoms with E-state index in [-0.39, 0.29) is 53.7 Å². The van der Waals surface area contributed by atoms with Crippen molar-refractivity contribution in [2.45, 2.75) is 43.9 Å². The van der Waals surface area contributed by atoms with E-state index in [1.807, 2.05) is 0 Å². The van der Waals surface area contributed by atoms with Crippen LogP contribution in [-0.2, 0) is 25.7 Å². The Morgan fingerprint density at radius 1 is 1.12 bits per heavy atom. The third kappa shape index (κ3) is 5.35. The van der Waals surface area contributed by atoms with E-state index >= 15 is 0 Å². The standard InChI is InChI=1S/C27H29ClN8O5/c28-20-2-1-3-21(32-20)33-27(40)24-14-4-6-16(10-14)36(24)22(37)12-35-19-7-5-15(11-17(19)23(34-35)25(29)38)31-26(39)18-13-41-9-8-30-18/h1-3,5,7,11,14,16,18,24,30H,4,6,8-10,12-13H2,(H2,29,38)(H,31,39)(H,32,33,40)/t14-,16+,18?,24-/m0/s1. The molecule has 13 nitrogen and oxygen atoms in total. The van der Waals surface area contributed by atoms with Gasteiger partial charge in [0.05, 0.1) is 18.7 Å². The number of nitrogens with zero attached hydrogens (tertiary/aromatic N) is 4. The number of rotatable bonds is 7. The molecule has 5 N–H and O–H groups in total. The van der Waals surface area contributed by atoms with Crippen molar-refractivity contribution in [3.63, 3.8) is 0 Å². The number of carbonyl (C=O) groups excluding carboxylic acids is 4. The number of hydrogen-bond acceptors (Lipinski definition) is 8. The quantitative estimate of drug-likeness (QED) is 0.301. The van der Waals surface area contributed by atoms with Gasteiger partial charge in [0.15, 0.2) is 5.69 Å². The first-order chi connectivity index (χ1) is 19.8. The molecule has 1 aliphatic carbocycles. The monoisotopic (exact) mass is 580 g/mol. The lowest BCUT2D eigenvalue weighted by Gasteiger charge is -2.34. The first-order valence-corrected chi connectivity index (χ1v) is 13.8. The molecule has 0 radical (unpaired) electrons. The first-order valence-electron chi connectivity index (χ1n) is 13.5. The predicted octanol–water partition coefficient (Wildman–Crippen LogP) is 1.13. The molecule has 1 unspecified atom stereocenters. The Labute approximate surface area is 239 Å². The van der Waals surface area contributed by atoms with Crippen LogP contribution in [0.5, 0.6) is 0 Å². The number of ether oxygens (including phenoxy) is 1. The lowest BCUT2D eigenvalue weighted by Crippen LogP contribution is -2.52. The number of nitrogens with one attached hydrogen (secondary N) is 3. The molecule has 6 rings (SSSR count). The van der Waals surface area contributed by atoms with Crippen LogP contribution < -0.4 is 21.7 Å². The van der Waals surface area contributed by atoms with Crippen molar-refractivity contribution in [1.82, 2.24) is 25.0 Å². The van der Waals surface area contributed by atoms with Crippen LogP contribution in [0.1, 0.15) is 29.8 Å². The Morgan fingerprint density at radius 2 is 1.98 bits per heavy atom.